The van der Waals surface area contributed by atoms with E-state index in [1.807, 2.05) is 20.8 Å². The van der Waals surface area contributed by atoms with Crippen LogP contribution in [0, 0.1) is 0 Å². The Bertz CT molecular complexity index is 640. The third-order valence-corrected chi connectivity index (χ3v) is 7.56. The number of esters is 1. The summed E-state index contributed by atoms with van der Waals surface area (Å²) in [6.45, 7) is 8.76. The van der Waals surface area contributed by atoms with Crippen molar-refractivity contribution in [1.82, 2.24) is 0 Å². The Kier molecular flexibility index (Phi) is 11.4. The highest BCUT2D eigenvalue weighted by atomic mass is 28.4. The normalized spacial score (nSPS) is 12.8. The van der Waals surface area contributed by atoms with Gasteiger partial charge in [-0.3, -0.25) is 4.79 Å². The van der Waals surface area contributed by atoms with Crippen LogP contribution in [0.2, 0.25) is 5.54 Å². The van der Waals surface area contributed by atoms with E-state index in [1.165, 1.54) is 6.08 Å². The highest BCUT2D eigenvalue weighted by Gasteiger charge is 2.53. The molecule has 1 aromatic carbocycles. The molecule has 0 fully saturated rings. The SMILES string of the molecule is CCCCC(C(=O)Oc1ccc(/C=C/C(=O)O)cc1)[Si](OCC)(OCC)OCC. The first kappa shape index (κ1) is 25.0. The Morgan fingerprint density at radius 2 is 1.55 bits per heavy atom. The van der Waals surface area contributed by atoms with Crippen LogP contribution in [-0.4, -0.2) is 45.7 Å². The van der Waals surface area contributed by atoms with Gasteiger partial charge < -0.3 is 23.1 Å². The van der Waals surface area contributed by atoms with Crippen LogP contribution in [0.5, 0.6) is 5.75 Å². The van der Waals surface area contributed by atoms with Gasteiger partial charge in [0.1, 0.15) is 11.3 Å². The second kappa shape index (κ2) is 13.3. The minimum atomic E-state index is -3.27. The van der Waals surface area contributed by atoms with Crippen LogP contribution in [0.3, 0.4) is 0 Å². The summed E-state index contributed by atoms with van der Waals surface area (Å²) in [5.41, 5.74) is 0.0743. The summed E-state index contributed by atoms with van der Waals surface area (Å²) in [5, 5.41) is 8.70. The molecule has 29 heavy (non-hydrogen) atoms. The van der Waals surface area contributed by atoms with E-state index < -0.39 is 26.3 Å². The van der Waals surface area contributed by atoms with Crippen molar-refractivity contribution in [3.05, 3.63) is 35.9 Å². The standard InChI is InChI=1S/C21H32O7Si/c1-5-9-10-19(29(25-6-2,26-7-3)27-8-4)21(24)28-18-14-11-17(12-15-18)13-16-20(22)23/h11-16,19H,5-10H2,1-4H3,(H,22,23)/b16-13+. The van der Waals surface area contributed by atoms with Gasteiger partial charge in [-0.1, -0.05) is 31.9 Å². The highest BCUT2D eigenvalue weighted by molar-refractivity contribution is 6.66. The molecule has 1 aromatic rings. The maximum atomic E-state index is 13.1. The van der Waals surface area contributed by atoms with Crippen molar-refractivity contribution in [2.75, 3.05) is 19.8 Å². The molecule has 8 heteroatoms. The van der Waals surface area contributed by atoms with Crippen molar-refractivity contribution in [1.29, 1.82) is 0 Å². The average molecular weight is 425 g/mol. The van der Waals surface area contributed by atoms with Crippen molar-refractivity contribution in [3.63, 3.8) is 0 Å². The van der Waals surface area contributed by atoms with Gasteiger partial charge in [0.25, 0.3) is 0 Å². The number of carboxylic acid groups (broad SMARTS) is 1. The lowest BCUT2D eigenvalue weighted by Crippen LogP contribution is -2.53. The number of aliphatic carboxylic acids is 1. The maximum absolute atomic E-state index is 13.1. The first-order valence-corrected chi connectivity index (χ1v) is 11.9. The summed E-state index contributed by atoms with van der Waals surface area (Å²) in [7, 11) is -3.27. The lowest BCUT2D eigenvalue weighted by atomic mass is 10.2. The summed E-state index contributed by atoms with van der Waals surface area (Å²) in [4.78, 5) is 23.7. The molecule has 7 nitrogen and oxygen atoms in total. The predicted octanol–water partition coefficient (Wildman–Crippen LogP) is 4.30. The third kappa shape index (κ3) is 8.10. The van der Waals surface area contributed by atoms with Gasteiger partial charge in [0.15, 0.2) is 0 Å². The Hall–Kier alpha value is -2.00. The third-order valence-electron chi connectivity index (χ3n) is 4.11. The van der Waals surface area contributed by atoms with Crippen LogP contribution in [0.1, 0.15) is 52.5 Å². The van der Waals surface area contributed by atoms with E-state index in [4.69, 9.17) is 23.1 Å². The Morgan fingerprint density at radius 3 is 2.00 bits per heavy atom. The van der Waals surface area contributed by atoms with Gasteiger partial charge in [-0.15, -0.1) is 0 Å². The van der Waals surface area contributed by atoms with Crippen molar-refractivity contribution in [2.45, 2.75) is 52.5 Å². The summed E-state index contributed by atoms with van der Waals surface area (Å²) in [6.07, 6.45) is 4.81. The molecule has 1 rings (SSSR count). The van der Waals surface area contributed by atoms with Crippen LogP contribution in [0.15, 0.2) is 30.3 Å². The Labute approximate surface area is 174 Å². The fourth-order valence-corrected chi connectivity index (χ4v) is 5.85. The topological polar surface area (TPSA) is 91.3 Å². The largest absolute Gasteiger partial charge is 0.515 e. The monoisotopic (exact) mass is 424 g/mol. The van der Waals surface area contributed by atoms with Gasteiger partial charge in [0.2, 0.25) is 0 Å². The molecule has 162 valence electrons. The molecule has 0 spiro atoms. The number of carbonyl (C=O) groups is 2. The number of benzene rings is 1. The zero-order valence-corrected chi connectivity index (χ0v) is 18.7. The van der Waals surface area contributed by atoms with Gasteiger partial charge in [-0.05, 0) is 51.0 Å². The summed E-state index contributed by atoms with van der Waals surface area (Å²) in [6, 6.07) is 6.62. The minimum Gasteiger partial charge on any atom is -0.478 e. The molecule has 1 N–H and O–H groups in total. The molecule has 1 atom stereocenters. The highest BCUT2D eigenvalue weighted by Crippen LogP contribution is 2.33. The lowest BCUT2D eigenvalue weighted by molar-refractivity contribution is -0.136. The molecule has 0 aliphatic carbocycles. The van der Waals surface area contributed by atoms with E-state index in [0.29, 0.717) is 37.6 Å². The quantitative estimate of drug-likeness (QED) is 0.206. The van der Waals surface area contributed by atoms with E-state index in [-0.39, 0.29) is 0 Å². The van der Waals surface area contributed by atoms with Crippen molar-refractivity contribution < 1.29 is 32.7 Å². The summed E-state index contributed by atoms with van der Waals surface area (Å²) >= 11 is 0. The van der Waals surface area contributed by atoms with E-state index in [2.05, 4.69) is 6.92 Å². The average Bonchev–Trinajstić information content (AvgIpc) is 2.68. The van der Waals surface area contributed by atoms with Crippen LogP contribution in [-0.2, 0) is 22.9 Å². The smallest absolute Gasteiger partial charge is 0.478 e. The molecular weight excluding hydrogens is 392 g/mol. The van der Waals surface area contributed by atoms with Crippen LogP contribution in [0.25, 0.3) is 6.08 Å². The Morgan fingerprint density at radius 1 is 1.00 bits per heavy atom. The van der Waals surface area contributed by atoms with Crippen LogP contribution >= 0.6 is 0 Å². The molecule has 0 saturated carbocycles. The molecule has 1 unspecified atom stereocenters. The van der Waals surface area contributed by atoms with Gasteiger partial charge in [-0.2, -0.15) is 0 Å². The zero-order valence-electron chi connectivity index (χ0n) is 17.7. The van der Waals surface area contributed by atoms with Crippen molar-refractivity contribution in [2.24, 2.45) is 0 Å². The zero-order chi connectivity index (χ0) is 21.7. The maximum Gasteiger partial charge on any atom is 0.515 e. The van der Waals surface area contributed by atoms with Crippen molar-refractivity contribution >= 4 is 26.8 Å². The predicted molar refractivity (Wildman–Crippen MR) is 113 cm³/mol. The number of hydrogen-bond acceptors (Lipinski definition) is 6. The lowest BCUT2D eigenvalue weighted by Gasteiger charge is -2.33. The number of rotatable bonds is 14. The first-order valence-electron chi connectivity index (χ1n) is 10.1. The fraction of sp³-hybridized carbons (Fsp3) is 0.524. The van der Waals surface area contributed by atoms with E-state index in [1.54, 1.807) is 24.3 Å². The summed E-state index contributed by atoms with van der Waals surface area (Å²) in [5.74, 6) is -1.09. The number of carbonyl (C=O) groups excluding carboxylic acids is 1. The minimum absolute atomic E-state index is 0.372. The molecule has 0 radical (unpaired) electrons. The number of hydrogen-bond donors (Lipinski definition) is 1. The molecule has 0 heterocycles. The van der Waals surface area contributed by atoms with Gasteiger partial charge >= 0.3 is 20.7 Å². The van der Waals surface area contributed by atoms with E-state index in [0.717, 1.165) is 18.9 Å². The fourth-order valence-electron chi connectivity index (χ4n) is 2.88. The van der Waals surface area contributed by atoms with E-state index >= 15 is 0 Å². The molecule has 0 aliphatic rings. The summed E-state index contributed by atoms with van der Waals surface area (Å²) < 4.78 is 23.4. The number of unbranched alkanes of at least 4 members (excludes halogenated alkanes) is 1. The molecule has 0 amide bonds. The molecular formula is C21H32O7Si. The van der Waals surface area contributed by atoms with Gasteiger partial charge in [0.05, 0.1) is 0 Å². The number of carboxylic acids is 1. The second-order valence-corrected chi connectivity index (χ2v) is 9.03. The van der Waals surface area contributed by atoms with Gasteiger partial charge in [-0.25, -0.2) is 4.79 Å². The molecule has 0 bridgehead atoms. The van der Waals surface area contributed by atoms with Crippen LogP contribution < -0.4 is 4.74 Å². The Balaban J connectivity index is 3.06. The number of ether oxygens (including phenoxy) is 1. The first-order chi connectivity index (χ1) is 13.9. The molecule has 0 aromatic heterocycles. The molecule has 0 saturated heterocycles. The van der Waals surface area contributed by atoms with Gasteiger partial charge in [0, 0.05) is 25.9 Å². The van der Waals surface area contributed by atoms with Crippen molar-refractivity contribution in [3.8, 4) is 5.75 Å². The van der Waals surface area contributed by atoms with Crippen LogP contribution in [0.4, 0.5) is 0 Å². The molecule has 0 aliphatic heterocycles. The second-order valence-electron chi connectivity index (χ2n) is 6.26. The van der Waals surface area contributed by atoms with E-state index in [9.17, 15) is 9.59 Å².